The second-order valence-electron chi connectivity index (χ2n) is 7.95. The molecule has 3 aromatic rings. The summed E-state index contributed by atoms with van der Waals surface area (Å²) in [5.74, 6) is 0.390. The molecule has 1 fully saturated rings. The molecule has 0 N–H and O–H groups in total. The highest BCUT2D eigenvalue weighted by molar-refractivity contribution is 5.95. The Labute approximate surface area is 181 Å². The standard InChI is InChI=1S/C24H27N3O4/c1-16-10-12-27(15-18-6-5-13-31-18)24(29)21(16)23(28)26(2)14-17-8-9-20(30-3)22-19(17)7-4-11-25-22/h4,7-12,18H,5-6,13-15H2,1-3H3. The summed E-state index contributed by atoms with van der Waals surface area (Å²) < 4.78 is 12.7. The maximum atomic E-state index is 13.3. The van der Waals surface area contributed by atoms with Gasteiger partial charge in [-0.25, -0.2) is 0 Å². The van der Waals surface area contributed by atoms with Crippen LogP contribution in [0.3, 0.4) is 0 Å². The average Bonchev–Trinajstić information content (AvgIpc) is 3.29. The van der Waals surface area contributed by atoms with Gasteiger partial charge in [-0.05, 0) is 49.1 Å². The van der Waals surface area contributed by atoms with Gasteiger partial charge in [0.05, 0.1) is 19.8 Å². The summed E-state index contributed by atoms with van der Waals surface area (Å²) in [6, 6.07) is 9.43. The number of carbonyl (C=O) groups is 1. The second kappa shape index (κ2) is 8.89. The number of pyridine rings is 2. The third kappa shape index (κ3) is 4.18. The van der Waals surface area contributed by atoms with E-state index in [4.69, 9.17) is 9.47 Å². The molecule has 1 amide bonds. The SMILES string of the molecule is COc1ccc(CN(C)C(=O)c2c(C)ccn(CC3CCCO3)c2=O)c2cccnc12. The van der Waals surface area contributed by atoms with Crippen molar-refractivity contribution in [3.8, 4) is 5.75 Å². The van der Waals surface area contributed by atoms with Crippen LogP contribution in [0.4, 0.5) is 0 Å². The number of amides is 1. The molecule has 1 saturated heterocycles. The van der Waals surface area contributed by atoms with Crippen LogP contribution >= 0.6 is 0 Å². The summed E-state index contributed by atoms with van der Waals surface area (Å²) in [4.78, 5) is 32.4. The Hall–Kier alpha value is -3.19. The number of aryl methyl sites for hydroxylation is 1. The Kier molecular flexibility index (Phi) is 6.04. The zero-order valence-corrected chi connectivity index (χ0v) is 18.1. The average molecular weight is 421 g/mol. The molecule has 0 aliphatic carbocycles. The van der Waals surface area contributed by atoms with E-state index in [-0.39, 0.29) is 23.1 Å². The summed E-state index contributed by atoms with van der Waals surface area (Å²) in [5.41, 5.74) is 2.30. The molecular weight excluding hydrogens is 394 g/mol. The molecule has 3 heterocycles. The molecule has 0 bridgehead atoms. The Balaban J connectivity index is 1.62. The number of methoxy groups -OCH3 is 1. The Bertz CT molecular complexity index is 1170. The topological polar surface area (TPSA) is 73.7 Å². The second-order valence-corrected chi connectivity index (χ2v) is 7.95. The number of ether oxygens (including phenoxy) is 2. The molecule has 7 heteroatoms. The fourth-order valence-corrected chi connectivity index (χ4v) is 4.10. The number of hydrogen-bond acceptors (Lipinski definition) is 5. The lowest BCUT2D eigenvalue weighted by Crippen LogP contribution is -2.36. The van der Waals surface area contributed by atoms with Gasteiger partial charge in [0.2, 0.25) is 0 Å². The minimum Gasteiger partial charge on any atom is -0.494 e. The summed E-state index contributed by atoms with van der Waals surface area (Å²) in [6.07, 6.45) is 5.43. The lowest BCUT2D eigenvalue weighted by molar-refractivity contribution is 0.0778. The van der Waals surface area contributed by atoms with E-state index in [1.165, 1.54) is 0 Å². The van der Waals surface area contributed by atoms with Crippen LogP contribution in [0, 0.1) is 6.92 Å². The van der Waals surface area contributed by atoms with Gasteiger partial charge < -0.3 is 18.9 Å². The van der Waals surface area contributed by atoms with Crippen molar-refractivity contribution in [2.24, 2.45) is 0 Å². The molecule has 1 aliphatic heterocycles. The van der Waals surface area contributed by atoms with Crippen LogP contribution in [0.1, 0.15) is 34.3 Å². The largest absolute Gasteiger partial charge is 0.494 e. The third-order valence-corrected chi connectivity index (χ3v) is 5.81. The maximum absolute atomic E-state index is 13.3. The number of rotatable bonds is 6. The van der Waals surface area contributed by atoms with Crippen LogP contribution in [0.5, 0.6) is 5.75 Å². The molecule has 7 nitrogen and oxygen atoms in total. The summed E-state index contributed by atoms with van der Waals surface area (Å²) in [6.45, 7) is 3.35. The molecular formula is C24H27N3O4. The Morgan fingerprint density at radius 2 is 2.16 bits per heavy atom. The van der Waals surface area contributed by atoms with Crippen molar-refractivity contribution in [2.75, 3.05) is 20.8 Å². The van der Waals surface area contributed by atoms with Gasteiger partial charge in [-0.2, -0.15) is 0 Å². The number of nitrogens with zero attached hydrogens (tertiary/aromatic N) is 3. The van der Waals surface area contributed by atoms with Gasteiger partial charge in [0.15, 0.2) is 0 Å². The van der Waals surface area contributed by atoms with Crippen molar-refractivity contribution < 1.29 is 14.3 Å². The zero-order valence-electron chi connectivity index (χ0n) is 18.1. The van der Waals surface area contributed by atoms with Crippen molar-refractivity contribution in [2.45, 2.75) is 39.0 Å². The van der Waals surface area contributed by atoms with Crippen molar-refractivity contribution in [1.29, 1.82) is 0 Å². The van der Waals surface area contributed by atoms with Crippen LogP contribution in [0.25, 0.3) is 10.9 Å². The van der Waals surface area contributed by atoms with Crippen LogP contribution in [-0.4, -0.2) is 47.2 Å². The van der Waals surface area contributed by atoms with Crippen molar-refractivity contribution >= 4 is 16.8 Å². The van der Waals surface area contributed by atoms with E-state index >= 15 is 0 Å². The lowest BCUT2D eigenvalue weighted by atomic mass is 10.1. The minimum absolute atomic E-state index is 0.0271. The smallest absolute Gasteiger partial charge is 0.263 e. The van der Waals surface area contributed by atoms with E-state index in [0.717, 1.165) is 35.9 Å². The Morgan fingerprint density at radius 3 is 2.90 bits per heavy atom. The summed E-state index contributed by atoms with van der Waals surface area (Å²) in [7, 11) is 3.32. The number of aromatic nitrogens is 2. The first-order chi connectivity index (χ1) is 15.0. The van der Waals surface area contributed by atoms with E-state index in [1.54, 1.807) is 42.9 Å². The van der Waals surface area contributed by atoms with E-state index in [2.05, 4.69) is 4.98 Å². The number of benzene rings is 1. The predicted octanol–water partition coefficient (Wildman–Crippen LogP) is 3.16. The summed E-state index contributed by atoms with van der Waals surface area (Å²) >= 11 is 0. The molecule has 0 saturated carbocycles. The first-order valence-electron chi connectivity index (χ1n) is 10.5. The molecule has 162 valence electrons. The van der Waals surface area contributed by atoms with E-state index < -0.39 is 0 Å². The zero-order chi connectivity index (χ0) is 22.0. The Morgan fingerprint density at radius 1 is 1.32 bits per heavy atom. The molecule has 31 heavy (non-hydrogen) atoms. The molecule has 0 radical (unpaired) electrons. The van der Waals surface area contributed by atoms with Gasteiger partial charge in [0.1, 0.15) is 16.8 Å². The first kappa shape index (κ1) is 21.1. The fraction of sp³-hybridized carbons (Fsp3) is 0.375. The minimum atomic E-state index is -0.294. The van der Waals surface area contributed by atoms with Crippen LogP contribution in [0.2, 0.25) is 0 Å². The highest BCUT2D eigenvalue weighted by Gasteiger charge is 2.23. The first-order valence-corrected chi connectivity index (χ1v) is 10.5. The molecule has 4 rings (SSSR count). The third-order valence-electron chi connectivity index (χ3n) is 5.81. The molecule has 2 aromatic heterocycles. The van der Waals surface area contributed by atoms with E-state index in [9.17, 15) is 9.59 Å². The van der Waals surface area contributed by atoms with E-state index in [0.29, 0.717) is 24.4 Å². The molecule has 0 spiro atoms. The highest BCUT2D eigenvalue weighted by atomic mass is 16.5. The number of carbonyl (C=O) groups excluding carboxylic acids is 1. The normalized spacial score (nSPS) is 15.9. The lowest BCUT2D eigenvalue weighted by Gasteiger charge is -2.20. The van der Waals surface area contributed by atoms with Gasteiger partial charge in [0, 0.05) is 38.0 Å². The van der Waals surface area contributed by atoms with Crippen LogP contribution in [-0.2, 0) is 17.8 Å². The van der Waals surface area contributed by atoms with Gasteiger partial charge in [-0.15, -0.1) is 0 Å². The quantitative estimate of drug-likeness (QED) is 0.611. The fourth-order valence-electron chi connectivity index (χ4n) is 4.10. The van der Waals surface area contributed by atoms with Gasteiger partial charge in [-0.1, -0.05) is 12.1 Å². The monoisotopic (exact) mass is 421 g/mol. The molecule has 1 atom stereocenters. The van der Waals surface area contributed by atoms with Crippen molar-refractivity contribution in [1.82, 2.24) is 14.5 Å². The van der Waals surface area contributed by atoms with Gasteiger partial charge >= 0.3 is 0 Å². The highest BCUT2D eigenvalue weighted by Crippen LogP contribution is 2.27. The number of fused-ring (bicyclic) bond motifs is 1. The van der Waals surface area contributed by atoms with Crippen LogP contribution < -0.4 is 10.3 Å². The van der Waals surface area contributed by atoms with Crippen molar-refractivity contribution in [3.05, 3.63) is 69.8 Å². The van der Waals surface area contributed by atoms with Crippen LogP contribution in [0.15, 0.2) is 47.5 Å². The molecule has 1 unspecified atom stereocenters. The molecule has 1 aliphatic rings. The van der Waals surface area contributed by atoms with E-state index in [1.807, 2.05) is 30.3 Å². The van der Waals surface area contributed by atoms with Gasteiger partial charge in [0.25, 0.3) is 11.5 Å². The maximum Gasteiger partial charge on any atom is 0.263 e. The number of hydrogen-bond donors (Lipinski definition) is 0. The van der Waals surface area contributed by atoms with Crippen molar-refractivity contribution in [3.63, 3.8) is 0 Å². The predicted molar refractivity (Wildman–Crippen MR) is 119 cm³/mol. The molecule has 1 aromatic carbocycles. The summed E-state index contributed by atoms with van der Waals surface area (Å²) in [5, 5.41) is 0.919. The van der Waals surface area contributed by atoms with Gasteiger partial charge in [-0.3, -0.25) is 14.6 Å².